The van der Waals surface area contributed by atoms with E-state index in [2.05, 4.69) is 22.0 Å². The van der Waals surface area contributed by atoms with Gasteiger partial charge in [-0.3, -0.25) is 4.79 Å². The molecule has 0 radical (unpaired) electrons. The van der Waals surface area contributed by atoms with Gasteiger partial charge in [0.15, 0.2) is 0 Å². The van der Waals surface area contributed by atoms with E-state index in [9.17, 15) is 4.79 Å². The zero-order chi connectivity index (χ0) is 14.7. The van der Waals surface area contributed by atoms with Gasteiger partial charge in [-0.1, -0.05) is 13.3 Å². The van der Waals surface area contributed by atoms with Crippen LogP contribution in [0.1, 0.15) is 37.6 Å². The molecule has 2 N–H and O–H groups in total. The van der Waals surface area contributed by atoms with Gasteiger partial charge in [0.25, 0.3) is 11.9 Å². The van der Waals surface area contributed by atoms with Gasteiger partial charge in [-0.2, -0.15) is 10.1 Å². The molecular weight excluding hydrogens is 254 g/mol. The van der Waals surface area contributed by atoms with Crippen molar-refractivity contribution in [1.29, 1.82) is 0 Å². The van der Waals surface area contributed by atoms with Crippen molar-refractivity contribution in [3.05, 3.63) is 17.5 Å². The Labute approximate surface area is 119 Å². The van der Waals surface area contributed by atoms with E-state index in [-0.39, 0.29) is 11.8 Å². The maximum atomic E-state index is 12.5. The van der Waals surface area contributed by atoms with Crippen LogP contribution in [0.15, 0.2) is 11.2 Å². The van der Waals surface area contributed by atoms with Gasteiger partial charge in [-0.15, -0.1) is 0 Å². The SMILES string of the molecule is CCCC1=NN(c2nc(C)cc(C)n2)C(=O)C1CCN. The molecule has 0 saturated carbocycles. The normalized spacial score (nSPS) is 18.6. The highest BCUT2D eigenvalue weighted by Crippen LogP contribution is 2.25. The molecule has 6 nitrogen and oxygen atoms in total. The quantitative estimate of drug-likeness (QED) is 0.883. The summed E-state index contributed by atoms with van der Waals surface area (Å²) < 4.78 is 0. The summed E-state index contributed by atoms with van der Waals surface area (Å²) >= 11 is 0. The Kier molecular flexibility index (Phi) is 4.44. The van der Waals surface area contributed by atoms with Crippen LogP contribution in [0.5, 0.6) is 0 Å². The predicted molar refractivity (Wildman–Crippen MR) is 78.5 cm³/mol. The molecule has 0 bridgehead atoms. The number of carbonyl (C=O) groups is 1. The van der Waals surface area contributed by atoms with Crippen LogP contribution in [0.4, 0.5) is 5.95 Å². The molecule has 2 rings (SSSR count). The van der Waals surface area contributed by atoms with Crippen LogP contribution in [-0.2, 0) is 4.79 Å². The molecule has 0 spiro atoms. The van der Waals surface area contributed by atoms with E-state index < -0.39 is 0 Å². The molecule has 0 fully saturated rings. The Morgan fingerprint density at radius 2 is 1.95 bits per heavy atom. The maximum Gasteiger partial charge on any atom is 0.259 e. The standard InChI is InChI=1S/C14H21N5O/c1-4-5-12-11(6-7-15)13(20)19(18-12)14-16-9(2)8-10(3)17-14/h8,11H,4-7,15H2,1-3H3. The molecular formula is C14H21N5O. The summed E-state index contributed by atoms with van der Waals surface area (Å²) in [5.41, 5.74) is 8.16. The average Bonchev–Trinajstić information content (AvgIpc) is 2.67. The van der Waals surface area contributed by atoms with Gasteiger partial charge in [0.05, 0.1) is 11.6 Å². The second kappa shape index (κ2) is 6.09. The zero-order valence-electron chi connectivity index (χ0n) is 12.3. The van der Waals surface area contributed by atoms with Crippen LogP contribution < -0.4 is 10.7 Å². The minimum Gasteiger partial charge on any atom is -0.330 e. The molecule has 0 aromatic carbocycles. The molecule has 1 aromatic rings. The third-order valence-electron chi connectivity index (χ3n) is 3.26. The van der Waals surface area contributed by atoms with Crippen LogP contribution >= 0.6 is 0 Å². The summed E-state index contributed by atoms with van der Waals surface area (Å²) in [6.07, 6.45) is 2.38. The fraction of sp³-hybridized carbons (Fsp3) is 0.571. The summed E-state index contributed by atoms with van der Waals surface area (Å²) in [5, 5.41) is 5.77. The minimum absolute atomic E-state index is 0.0658. The number of hydrogen-bond acceptors (Lipinski definition) is 5. The van der Waals surface area contributed by atoms with Crippen LogP contribution in [0.2, 0.25) is 0 Å². The summed E-state index contributed by atoms with van der Waals surface area (Å²) in [5.74, 6) is 0.0777. The van der Waals surface area contributed by atoms with Crippen LogP contribution in [0.25, 0.3) is 0 Å². The number of aryl methyl sites for hydroxylation is 2. The number of anilines is 1. The number of nitrogens with zero attached hydrogens (tertiary/aromatic N) is 4. The Morgan fingerprint density at radius 3 is 2.50 bits per heavy atom. The third-order valence-corrected chi connectivity index (χ3v) is 3.26. The number of rotatable bonds is 5. The van der Waals surface area contributed by atoms with Crippen molar-refractivity contribution < 1.29 is 4.79 Å². The van der Waals surface area contributed by atoms with Crippen molar-refractivity contribution in [1.82, 2.24) is 9.97 Å². The lowest BCUT2D eigenvalue weighted by Gasteiger charge is -2.13. The highest BCUT2D eigenvalue weighted by atomic mass is 16.2. The van der Waals surface area contributed by atoms with E-state index in [0.717, 1.165) is 29.9 Å². The van der Waals surface area contributed by atoms with E-state index in [0.29, 0.717) is 18.9 Å². The summed E-state index contributed by atoms with van der Waals surface area (Å²) in [4.78, 5) is 21.1. The smallest absolute Gasteiger partial charge is 0.259 e. The highest BCUT2D eigenvalue weighted by Gasteiger charge is 2.36. The molecule has 2 heterocycles. The van der Waals surface area contributed by atoms with Crippen molar-refractivity contribution in [3.8, 4) is 0 Å². The predicted octanol–water partition coefficient (Wildman–Crippen LogP) is 1.56. The summed E-state index contributed by atoms with van der Waals surface area (Å²) in [6.45, 7) is 6.31. The van der Waals surface area contributed by atoms with Crippen LogP contribution in [0, 0.1) is 19.8 Å². The van der Waals surface area contributed by atoms with E-state index in [1.165, 1.54) is 5.01 Å². The summed E-state index contributed by atoms with van der Waals surface area (Å²) in [7, 11) is 0. The number of hydrogen-bond donors (Lipinski definition) is 1. The molecule has 1 aliphatic heterocycles. The number of carbonyl (C=O) groups excluding carboxylic acids is 1. The van der Waals surface area contributed by atoms with E-state index >= 15 is 0 Å². The monoisotopic (exact) mass is 275 g/mol. The van der Waals surface area contributed by atoms with Crippen LogP contribution in [-0.4, -0.2) is 28.1 Å². The highest BCUT2D eigenvalue weighted by molar-refractivity contribution is 6.14. The fourth-order valence-electron chi connectivity index (χ4n) is 2.42. The Morgan fingerprint density at radius 1 is 1.30 bits per heavy atom. The van der Waals surface area contributed by atoms with Gasteiger partial charge in [0.1, 0.15) is 0 Å². The second-order valence-electron chi connectivity index (χ2n) is 5.07. The fourth-order valence-corrected chi connectivity index (χ4v) is 2.42. The first-order valence-corrected chi connectivity index (χ1v) is 7.00. The van der Waals surface area contributed by atoms with Gasteiger partial charge >= 0.3 is 0 Å². The maximum absolute atomic E-state index is 12.5. The lowest BCUT2D eigenvalue weighted by Crippen LogP contribution is -2.30. The molecule has 6 heteroatoms. The molecule has 0 saturated heterocycles. The van der Waals surface area contributed by atoms with Gasteiger partial charge in [-0.05, 0) is 39.3 Å². The molecule has 0 aliphatic carbocycles. The largest absolute Gasteiger partial charge is 0.330 e. The Bertz CT molecular complexity index is 520. The van der Waals surface area contributed by atoms with Crippen LogP contribution in [0.3, 0.4) is 0 Å². The first-order valence-electron chi connectivity index (χ1n) is 7.00. The van der Waals surface area contributed by atoms with Gasteiger partial charge < -0.3 is 5.73 Å². The zero-order valence-corrected chi connectivity index (χ0v) is 12.3. The van der Waals surface area contributed by atoms with E-state index in [1.54, 1.807) is 0 Å². The van der Waals surface area contributed by atoms with E-state index in [1.807, 2.05) is 19.9 Å². The second-order valence-corrected chi connectivity index (χ2v) is 5.07. The number of nitrogens with two attached hydrogens (primary N) is 1. The number of aromatic nitrogens is 2. The van der Waals surface area contributed by atoms with Crippen molar-refractivity contribution in [2.45, 2.75) is 40.0 Å². The molecule has 1 aliphatic rings. The topological polar surface area (TPSA) is 84.5 Å². The third kappa shape index (κ3) is 2.85. The minimum atomic E-state index is -0.218. The first kappa shape index (κ1) is 14.6. The van der Waals surface area contributed by atoms with Crippen molar-refractivity contribution >= 4 is 17.6 Å². The average molecular weight is 275 g/mol. The van der Waals surface area contributed by atoms with Crippen molar-refractivity contribution in [2.75, 3.05) is 11.6 Å². The van der Waals surface area contributed by atoms with Gasteiger partial charge in [0, 0.05) is 11.4 Å². The van der Waals surface area contributed by atoms with Gasteiger partial charge in [-0.25, -0.2) is 9.97 Å². The molecule has 1 aromatic heterocycles. The Hall–Kier alpha value is -1.82. The molecule has 108 valence electrons. The van der Waals surface area contributed by atoms with Gasteiger partial charge in [0.2, 0.25) is 0 Å². The van der Waals surface area contributed by atoms with Crippen molar-refractivity contribution in [2.24, 2.45) is 16.8 Å². The Balaban J connectivity index is 2.34. The number of hydrazone groups is 1. The van der Waals surface area contributed by atoms with E-state index in [4.69, 9.17) is 5.73 Å². The molecule has 20 heavy (non-hydrogen) atoms. The summed E-state index contributed by atoms with van der Waals surface area (Å²) in [6, 6.07) is 1.87. The molecule has 1 atom stereocenters. The lowest BCUT2D eigenvalue weighted by molar-refractivity contribution is -0.119. The lowest BCUT2D eigenvalue weighted by atomic mass is 9.96. The number of amides is 1. The molecule has 1 amide bonds. The van der Waals surface area contributed by atoms with Crippen molar-refractivity contribution in [3.63, 3.8) is 0 Å². The first-order chi connectivity index (χ1) is 9.56. The molecule has 1 unspecified atom stereocenters.